The number of aromatic nitrogens is 4. The molecule has 13 rings (SSSR count). The Kier molecular flexibility index (Phi) is 6.95. The van der Waals surface area contributed by atoms with Gasteiger partial charge in [0.25, 0.3) is 0 Å². The van der Waals surface area contributed by atoms with Gasteiger partial charge < -0.3 is 8.98 Å². The lowest BCUT2D eigenvalue weighted by atomic mass is 9.97. The van der Waals surface area contributed by atoms with Crippen molar-refractivity contribution < 1.29 is 4.42 Å². The first-order chi connectivity index (χ1) is 29.7. The van der Waals surface area contributed by atoms with Crippen LogP contribution < -0.4 is 0 Å². The minimum atomic E-state index is 0.594. The van der Waals surface area contributed by atoms with E-state index in [0.717, 1.165) is 66.0 Å². The summed E-state index contributed by atoms with van der Waals surface area (Å²) in [4.78, 5) is 15.8. The summed E-state index contributed by atoms with van der Waals surface area (Å²) in [6.07, 6.45) is 0. The predicted molar refractivity (Wildman–Crippen MR) is 248 cm³/mol. The Morgan fingerprint density at radius 2 is 0.983 bits per heavy atom. The van der Waals surface area contributed by atoms with Crippen molar-refractivity contribution in [1.29, 1.82) is 0 Å². The van der Waals surface area contributed by atoms with Crippen LogP contribution in [0, 0.1) is 0 Å². The highest BCUT2D eigenvalue weighted by Crippen LogP contribution is 2.44. The Balaban J connectivity index is 1.13. The van der Waals surface area contributed by atoms with Crippen LogP contribution in [0.2, 0.25) is 0 Å². The zero-order chi connectivity index (χ0) is 39.3. The van der Waals surface area contributed by atoms with E-state index in [1.807, 2.05) is 18.2 Å². The molecule has 0 spiro atoms. The standard InChI is InChI=1S/C55H32N4O/c1-2-14-35(15-3-1)53-56-54(40-23-22-33-12-4-5-16-36(33)28-40)58-55(57-53)51-42-20-10-9-19-39(42)31-49-50(51)46-32-41(25-27-48(46)60-49)59-47-30-38-18-7-6-17-37(38)29-45(47)44-26-24-34-13-8-11-21-43(34)52(44)59/h1-32H. The number of hydrogen-bond acceptors (Lipinski definition) is 4. The maximum atomic E-state index is 6.80. The van der Waals surface area contributed by atoms with Crippen LogP contribution in [0.1, 0.15) is 0 Å². The van der Waals surface area contributed by atoms with Crippen LogP contribution in [-0.2, 0) is 0 Å². The summed E-state index contributed by atoms with van der Waals surface area (Å²) in [5.74, 6) is 1.82. The summed E-state index contributed by atoms with van der Waals surface area (Å²) in [6, 6.07) is 68.7. The van der Waals surface area contributed by atoms with Gasteiger partial charge in [-0.1, -0.05) is 152 Å². The van der Waals surface area contributed by atoms with Gasteiger partial charge in [0, 0.05) is 49.3 Å². The molecule has 0 saturated heterocycles. The van der Waals surface area contributed by atoms with Crippen molar-refractivity contribution in [3.05, 3.63) is 194 Å². The molecule has 0 aliphatic carbocycles. The molecule has 0 radical (unpaired) electrons. The second-order valence-electron chi connectivity index (χ2n) is 15.6. The van der Waals surface area contributed by atoms with Gasteiger partial charge in [0.15, 0.2) is 17.5 Å². The fourth-order valence-electron chi connectivity index (χ4n) is 9.35. The summed E-state index contributed by atoms with van der Waals surface area (Å²) < 4.78 is 9.23. The van der Waals surface area contributed by atoms with Gasteiger partial charge in [0.1, 0.15) is 11.2 Å². The van der Waals surface area contributed by atoms with Crippen molar-refractivity contribution in [1.82, 2.24) is 19.5 Å². The molecule has 0 aliphatic heterocycles. The molecule has 60 heavy (non-hydrogen) atoms. The fraction of sp³-hybridized carbons (Fsp3) is 0. The minimum absolute atomic E-state index is 0.594. The molecular weight excluding hydrogens is 733 g/mol. The van der Waals surface area contributed by atoms with Gasteiger partial charge in [-0.25, -0.2) is 15.0 Å². The largest absolute Gasteiger partial charge is 0.456 e. The van der Waals surface area contributed by atoms with Crippen LogP contribution in [0.3, 0.4) is 0 Å². The highest BCUT2D eigenvalue weighted by molar-refractivity contribution is 6.22. The van der Waals surface area contributed by atoms with E-state index in [1.165, 1.54) is 43.2 Å². The van der Waals surface area contributed by atoms with Crippen LogP contribution in [-0.4, -0.2) is 19.5 Å². The summed E-state index contributed by atoms with van der Waals surface area (Å²) in [5, 5.41) is 13.6. The van der Waals surface area contributed by atoms with E-state index in [2.05, 4.69) is 180 Å². The summed E-state index contributed by atoms with van der Waals surface area (Å²) in [6.45, 7) is 0. The summed E-state index contributed by atoms with van der Waals surface area (Å²) in [5.41, 5.74) is 7.73. The summed E-state index contributed by atoms with van der Waals surface area (Å²) >= 11 is 0. The van der Waals surface area contributed by atoms with Crippen LogP contribution in [0.15, 0.2) is 199 Å². The van der Waals surface area contributed by atoms with Gasteiger partial charge in [-0.05, 0) is 80.2 Å². The maximum Gasteiger partial charge on any atom is 0.165 e. The molecule has 0 unspecified atom stereocenters. The average molecular weight is 765 g/mol. The number of hydrogen-bond donors (Lipinski definition) is 0. The molecule has 3 heterocycles. The van der Waals surface area contributed by atoms with E-state index < -0.39 is 0 Å². The Morgan fingerprint density at radius 3 is 1.80 bits per heavy atom. The first-order valence-electron chi connectivity index (χ1n) is 20.3. The van der Waals surface area contributed by atoms with Gasteiger partial charge in [-0.3, -0.25) is 0 Å². The Bertz CT molecular complexity index is 3900. The lowest BCUT2D eigenvalue weighted by Gasteiger charge is -2.13. The predicted octanol–water partition coefficient (Wildman–Crippen LogP) is 14.5. The maximum absolute atomic E-state index is 6.80. The third kappa shape index (κ3) is 4.96. The molecule has 0 aliphatic rings. The first kappa shape index (κ1) is 32.9. The molecule has 0 saturated carbocycles. The molecule has 10 aromatic carbocycles. The second-order valence-corrected chi connectivity index (χ2v) is 15.6. The number of fused-ring (bicyclic) bond motifs is 11. The molecule has 5 nitrogen and oxygen atoms in total. The highest BCUT2D eigenvalue weighted by atomic mass is 16.3. The molecule has 0 atom stereocenters. The van der Waals surface area contributed by atoms with E-state index in [1.54, 1.807) is 0 Å². The van der Waals surface area contributed by atoms with Crippen molar-refractivity contribution in [3.8, 4) is 39.9 Å². The number of nitrogens with zero attached hydrogens (tertiary/aromatic N) is 4. The van der Waals surface area contributed by atoms with E-state index in [9.17, 15) is 0 Å². The average Bonchev–Trinajstić information content (AvgIpc) is 3.84. The molecular formula is C55H32N4O. The highest BCUT2D eigenvalue weighted by Gasteiger charge is 2.23. The quantitative estimate of drug-likeness (QED) is 0.179. The zero-order valence-electron chi connectivity index (χ0n) is 32.2. The molecule has 0 fully saturated rings. The molecule has 278 valence electrons. The van der Waals surface area contributed by atoms with Crippen LogP contribution in [0.5, 0.6) is 0 Å². The van der Waals surface area contributed by atoms with Gasteiger partial charge in [0.05, 0.1) is 11.0 Å². The van der Waals surface area contributed by atoms with Gasteiger partial charge in [-0.15, -0.1) is 0 Å². The van der Waals surface area contributed by atoms with Crippen molar-refractivity contribution in [2.75, 3.05) is 0 Å². The van der Waals surface area contributed by atoms with Crippen molar-refractivity contribution >= 4 is 86.8 Å². The Hall–Kier alpha value is -8.15. The molecule has 0 bridgehead atoms. The topological polar surface area (TPSA) is 56.7 Å². The minimum Gasteiger partial charge on any atom is -0.456 e. The molecule has 13 aromatic rings. The fourth-order valence-corrected chi connectivity index (χ4v) is 9.35. The third-order valence-corrected chi connectivity index (χ3v) is 12.1. The Morgan fingerprint density at radius 1 is 0.350 bits per heavy atom. The van der Waals surface area contributed by atoms with Crippen LogP contribution >= 0.6 is 0 Å². The number of benzene rings is 10. The number of furan rings is 1. The normalized spacial score (nSPS) is 12.0. The molecule has 3 aromatic heterocycles. The van der Waals surface area contributed by atoms with Crippen LogP contribution in [0.4, 0.5) is 0 Å². The third-order valence-electron chi connectivity index (χ3n) is 12.1. The molecule has 0 N–H and O–H groups in total. The van der Waals surface area contributed by atoms with Crippen molar-refractivity contribution in [2.45, 2.75) is 0 Å². The molecule has 5 heteroatoms. The van der Waals surface area contributed by atoms with E-state index in [4.69, 9.17) is 19.4 Å². The SMILES string of the molecule is c1ccc(-c2nc(-c3ccc4ccccc4c3)nc(-c3c4ccccc4cc4oc5ccc(-n6c7cc8ccccc8cc7c7ccc8ccccc8c76)cc5c34)n2)cc1. The molecule has 0 amide bonds. The van der Waals surface area contributed by atoms with E-state index in [-0.39, 0.29) is 0 Å². The smallest absolute Gasteiger partial charge is 0.165 e. The van der Waals surface area contributed by atoms with Crippen LogP contribution in [0.25, 0.3) is 127 Å². The Labute approximate surface area is 343 Å². The van der Waals surface area contributed by atoms with Crippen molar-refractivity contribution in [3.63, 3.8) is 0 Å². The number of rotatable bonds is 4. The van der Waals surface area contributed by atoms with E-state index >= 15 is 0 Å². The first-order valence-corrected chi connectivity index (χ1v) is 20.3. The lowest BCUT2D eigenvalue weighted by Crippen LogP contribution is -2.01. The van der Waals surface area contributed by atoms with Gasteiger partial charge >= 0.3 is 0 Å². The van der Waals surface area contributed by atoms with Crippen molar-refractivity contribution in [2.24, 2.45) is 0 Å². The zero-order valence-corrected chi connectivity index (χ0v) is 32.2. The second kappa shape index (κ2) is 12.7. The van der Waals surface area contributed by atoms with Gasteiger partial charge in [0.2, 0.25) is 0 Å². The monoisotopic (exact) mass is 764 g/mol. The summed E-state index contributed by atoms with van der Waals surface area (Å²) in [7, 11) is 0. The lowest BCUT2D eigenvalue weighted by molar-refractivity contribution is 0.669. The van der Waals surface area contributed by atoms with E-state index in [0.29, 0.717) is 17.5 Å². The van der Waals surface area contributed by atoms with Gasteiger partial charge in [-0.2, -0.15) is 0 Å².